The van der Waals surface area contributed by atoms with Crippen LogP contribution in [0.4, 0.5) is 5.69 Å². The van der Waals surface area contributed by atoms with Crippen LogP contribution in [-0.4, -0.2) is 55.0 Å². The quantitative estimate of drug-likeness (QED) is 0.534. The Morgan fingerprint density at radius 1 is 1.33 bits per heavy atom. The highest BCUT2D eigenvalue weighted by Crippen LogP contribution is 2.18. The fourth-order valence-electron chi connectivity index (χ4n) is 2.98. The number of carbonyl (C=O) groups is 3. The number of anilines is 1. The molecule has 7 nitrogen and oxygen atoms in total. The van der Waals surface area contributed by atoms with Gasteiger partial charge in [-0.1, -0.05) is 25.5 Å². The molecule has 2 rings (SSSR count). The molecule has 0 saturated carbocycles. The van der Waals surface area contributed by atoms with Gasteiger partial charge in [0.15, 0.2) is 0 Å². The molecule has 1 heterocycles. The predicted octanol–water partition coefficient (Wildman–Crippen LogP) is 1.78. The van der Waals surface area contributed by atoms with E-state index in [2.05, 4.69) is 10.6 Å². The Balaban J connectivity index is 1.97. The molecular weight excluding hydrogens is 346 g/mol. The summed E-state index contributed by atoms with van der Waals surface area (Å²) in [7, 11) is 0. The highest BCUT2D eigenvalue weighted by Gasteiger charge is 2.34. The van der Waals surface area contributed by atoms with Gasteiger partial charge in [0.1, 0.15) is 6.04 Å². The standard InChI is InChI=1S/C20H29N3O4/c1-4-5-11-27-19(25)12-17-20(26)21-9-10-23(17)18(24)13-22-16-8-6-7-14(2)15(16)3/h6-8,17,22H,4-5,9-13H2,1-3H3,(H,21,26). The van der Waals surface area contributed by atoms with E-state index in [0.29, 0.717) is 19.7 Å². The number of hydrogen-bond acceptors (Lipinski definition) is 5. The van der Waals surface area contributed by atoms with Crippen LogP contribution in [0.25, 0.3) is 0 Å². The molecule has 7 heteroatoms. The van der Waals surface area contributed by atoms with Gasteiger partial charge >= 0.3 is 5.97 Å². The summed E-state index contributed by atoms with van der Waals surface area (Å²) in [6.45, 7) is 7.18. The van der Waals surface area contributed by atoms with Gasteiger partial charge in [-0.2, -0.15) is 0 Å². The largest absolute Gasteiger partial charge is 0.466 e. The van der Waals surface area contributed by atoms with Crippen molar-refractivity contribution in [2.75, 3.05) is 31.6 Å². The third-order valence-electron chi connectivity index (χ3n) is 4.81. The molecule has 27 heavy (non-hydrogen) atoms. The molecule has 0 aromatic heterocycles. The third-order valence-corrected chi connectivity index (χ3v) is 4.81. The van der Waals surface area contributed by atoms with Crippen LogP contribution in [-0.2, 0) is 19.1 Å². The molecule has 1 aliphatic heterocycles. The molecule has 0 aliphatic carbocycles. The molecule has 1 aromatic rings. The molecule has 1 unspecified atom stereocenters. The Hall–Kier alpha value is -2.57. The van der Waals surface area contributed by atoms with E-state index in [0.717, 1.165) is 29.7 Å². The van der Waals surface area contributed by atoms with Crippen LogP contribution in [0.3, 0.4) is 0 Å². The minimum Gasteiger partial charge on any atom is -0.466 e. The van der Waals surface area contributed by atoms with E-state index in [1.807, 2.05) is 39.0 Å². The van der Waals surface area contributed by atoms with Crippen molar-refractivity contribution in [1.82, 2.24) is 10.2 Å². The Morgan fingerprint density at radius 3 is 2.85 bits per heavy atom. The molecule has 2 amide bonds. The first-order valence-electron chi connectivity index (χ1n) is 9.47. The maximum Gasteiger partial charge on any atom is 0.308 e. The second kappa shape index (κ2) is 9.94. The van der Waals surface area contributed by atoms with Gasteiger partial charge in [0.05, 0.1) is 19.6 Å². The summed E-state index contributed by atoms with van der Waals surface area (Å²) in [6.07, 6.45) is 1.58. The zero-order valence-electron chi connectivity index (χ0n) is 16.3. The molecule has 1 aliphatic rings. The SMILES string of the molecule is CCCCOC(=O)CC1C(=O)NCCN1C(=O)CNc1cccc(C)c1C. The highest BCUT2D eigenvalue weighted by molar-refractivity contribution is 5.93. The second-order valence-electron chi connectivity index (χ2n) is 6.77. The first-order chi connectivity index (χ1) is 12.9. The van der Waals surface area contributed by atoms with Gasteiger partial charge in [-0.3, -0.25) is 14.4 Å². The molecule has 2 N–H and O–H groups in total. The van der Waals surface area contributed by atoms with Crippen molar-refractivity contribution in [3.05, 3.63) is 29.3 Å². The van der Waals surface area contributed by atoms with Gasteiger partial charge in [0.25, 0.3) is 0 Å². The van der Waals surface area contributed by atoms with Crippen LogP contribution < -0.4 is 10.6 Å². The summed E-state index contributed by atoms with van der Waals surface area (Å²) >= 11 is 0. The van der Waals surface area contributed by atoms with Crippen LogP contribution >= 0.6 is 0 Å². The van der Waals surface area contributed by atoms with E-state index in [1.165, 1.54) is 4.90 Å². The van der Waals surface area contributed by atoms with E-state index in [9.17, 15) is 14.4 Å². The van der Waals surface area contributed by atoms with Crippen molar-refractivity contribution >= 4 is 23.5 Å². The normalized spacial score (nSPS) is 16.6. The number of aryl methyl sites for hydroxylation is 1. The fraction of sp³-hybridized carbons (Fsp3) is 0.550. The molecule has 148 valence electrons. The minimum absolute atomic E-state index is 0.0684. The topological polar surface area (TPSA) is 87.7 Å². The van der Waals surface area contributed by atoms with E-state index < -0.39 is 12.0 Å². The van der Waals surface area contributed by atoms with Gasteiger partial charge in [0, 0.05) is 18.8 Å². The van der Waals surface area contributed by atoms with E-state index >= 15 is 0 Å². The van der Waals surface area contributed by atoms with Crippen LogP contribution in [0.1, 0.15) is 37.3 Å². The zero-order valence-corrected chi connectivity index (χ0v) is 16.3. The molecule has 0 radical (unpaired) electrons. The lowest BCUT2D eigenvalue weighted by molar-refractivity contribution is -0.151. The number of esters is 1. The monoisotopic (exact) mass is 375 g/mol. The second-order valence-corrected chi connectivity index (χ2v) is 6.77. The Kier molecular flexibility index (Phi) is 7.64. The zero-order chi connectivity index (χ0) is 19.8. The van der Waals surface area contributed by atoms with Crippen LogP contribution in [0, 0.1) is 13.8 Å². The molecule has 0 bridgehead atoms. The number of rotatable bonds is 8. The predicted molar refractivity (Wildman–Crippen MR) is 103 cm³/mol. The molecule has 1 saturated heterocycles. The number of hydrogen-bond donors (Lipinski definition) is 2. The fourth-order valence-corrected chi connectivity index (χ4v) is 2.98. The van der Waals surface area contributed by atoms with Crippen molar-refractivity contribution in [1.29, 1.82) is 0 Å². The maximum atomic E-state index is 12.7. The molecule has 0 spiro atoms. The van der Waals surface area contributed by atoms with Crippen LogP contribution in [0.5, 0.6) is 0 Å². The number of ether oxygens (including phenoxy) is 1. The van der Waals surface area contributed by atoms with E-state index in [1.54, 1.807) is 0 Å². The van der Waals surface area contributed by atoms with Crippen molar-refractivity contribution in [2.24, 2.45) is 0 Å². The van der Waals surface area contributed by atoms with Crippen LogP contribution in [0.15, 0.2) is 18.2 Å². The lowest BCUT2D eigenvalue weighted by atomic mass is 10.1. The number of benzene rings is 1. The van der Waals surface area contributed by atoms with Crippen molar-refractivity contribution in [3.63, 3.8) is 0 Å². The third kappa shape index (κ3) is 5.70. The van der Waals surface area contributed by atoms with Gasteiger partial charge in [0.2, 0.25) is 11.8 Å². The number of unbranched alkanes of at least 4 members (excludes halogenated alkanes) is 1. The Morgan fingerprint density at radius 2 is 2.11 bits per heavy atom. The Labute approximate surface area is 160 Å². The average molecular weight is 375 g/mol. The summed E-state index contributed by atoms with van der Waals surface area (Å²) < 4.78 is 5.15. The molecule has 1 atom stereocenters. The highest BCUT2D eigenvalue weighted by atomic mass is 16.5. The van der Waals surface area contributed by atoms with Crippen LogP contribution in [0.2, 0.25) is 0 Å². The molecule has 1 aromatic carbocycles. The van der Waals surface area contributed by atoms with Crippen molar-refractivity contribution in [2.45, 2.75) is 46.1 Å². The summed E-state index contributed by atoms with van der Waals surface area (Å²) in [5.74, 6) is -0.975. The summed E-state index contributed by atoms with van der Waals surface area (Å²) in [5, 5.41) is 5.86. The number of piperazine rings is 1. The number of nitrogens with zero attached hydrogens (tertiary/aromatic N) is 1. The van der Waals surface area contributed by atoms with Crippen molar-refractivity contribution in [3.8, 4) is 0 Å². The molecular formula is C20H29N3O4. The van der Waals surface area contributed by atoms with Gasteiger partial charge in [-0.25, -0.2) is 0 Å². The average Bonchev–Trinajstić information content (AvgIpc) is 2.64. The maximum absolute atomic E-state index is 12.7. The Bertz CT molecular complexity index is 690. The first-order valence-corrected chi connectivity index (χ1v) is 9.47. The lowest BCUT2D eigenvalue weighted by Crippen LogP contribution is -2.58. The summed E-state index contributed by atoms with van der Waals surface area (Å²) in [4.78, 5) is 38.4. The number of amides is 2. The van der Waals surface area contributed by atoms with Gasteiger partial charge < -0.3 is 20.3 Å². The van der Waals surface area contributed by atoms with Gasteiger partial charge in [-0.05, 0) is 37.5 Å². The van der Waals surface area contributed by atoms with E-state index in [4.69, 9.17) is 4.74 Å². The number of carbonyl (C=O) groups excluding carboxylic acids is 3. The van der Waals surface area contributed by atoms with E-state index in [-0.39, 0.29) is 24.8 Å². The van der Waals surface area contributed by atoms with Gasteiger partial charge in [-0.15, -0.1) is 0 Å². The minimum atomic E-state index is -0.819. The molecule has 1 fully saturated rings. The first kappa shape index (κ1) is 20.7. The number of nitrogens with one attached hydrogen (secondary N) is 2. The van der Waals surface area contributed by atoms with Crippen molar-refractivity contribution < 1.29 is 19.1 Å². The summed E-state index contributed by atoms with van der Waals surface area (Å²) in [6, 6.07) is 5.04. The summed E-state index contributed by atoms with van der Waals surface area (Å²) in [5.41, 5.74) is 3.11. The smallest absolute Gasteiger partial charge is 0.308 e. The lowest BCUT2D eigenvalue weighted by Gasteiger charge is -2.34.